The molecule has 1 aromatic carbocycles. The molecule has 1 aliphatic heterocycles. The molecule has 1 aliphatic rings. The summed E-state index contributed by atoms with van der Waals surface area (Å²) in [4.78, 5) is 18.0. The van der Waals surface area contributed by atoms with Crippen LogP contribution in [0.4, 0.5) is 0 Å². The molecule has 28 heavy (non-hydrogen) atoms. The molecule has 0 bridgehead atoms. The van der Waals surface area contributed by atoms with Crippen LogP contribution in [0, 0.1) is 12.3 Å². The second-order valence-corrected chi connectivity index (χ2v) is 8.13. The third kappa shape index (κ3) is 6.42. The molecule has 3 rings (SSSR count). The molecule has 0 spiro atoms. The fourth-order valence-electron chi connectivity index (χ4n) is 3.49. The van der Waals surface area contributed by atoms with Gasteiger partial charge in [-0.3, -0.25) is 4.79 Å². The van der Waals surface area contributed by atoms with Crippen LogP contribution in [0.15, 0.2) is 30.3 Å². The lowest BCUT2D eigenvalue weighted by molar-refractivity contribution is 0.0512. The molecule has 0 radical (unpaired) electrons. The van der Waals surface area contributed by atoms with Crippen LogP contribution in [-0.2, 0) is 11.2 Å². The number of hydrogen-bond acceptors (Lipinski definition) is 5. The minimum atomic E-state index is -0.0201. The van der Waals surface area contributed by atoms with Crippen molar-refractivity contribution < 1.29 is 9.53 Å². The smallest absolute Gasteiger partial charge is 0.263 e. The molecule has 2 heterocycles. The highest BCUT2D eigenvalue weighted by Crippen LogP contribution is 2.29. The van der Waals surface area contributed by atoms with Crippen LogP contribution < -0.4 is 10.6 Å². The fourth-order valence-corrected chi connectivity index (χ4v) is 4.51. The highest BCUT2D eigenvalue weighted by Gasteiger charge is 2.33. The first-order chi connectivity index (χ1) is 12.6. The Balaban J connectivity index is 0.00000196. The molecule has 1 aromatic heterocycles. The quantitative estimate of drug-likeness (QED) is 0.682. The Morgan fingerprint density at radius 3 is 2.57 bits per heavy atom. The number of ether oxygens (including phenoxy) is 1. The van der Waals surface area contributed by atoms with Crippen LogP contribution in [0.3, 0.4) is 0 Å². The van der Waals surface area contributed by atoms with Crippen LogP contribution in [0.5, 0.6) is 0 Å². The number of aryl methyl sites for hydroxylation is 1. The minimum Gasteiger partial charge on any atom is -0.384 e. The van der Waals surface area contributed by atoms with Crippen LogP contribution in [0.1, 0.15) is 38.8 Å². The van der Waals surface area contributed by atoms with Crippen LogP contribution in [0.2, 0.25) is 0 Å². The number of benzene rings is 1. The number of aromatic nitrogens is 1. The average Bonchev–Trinajstić information content (AvgIpc) is 3.02. The summed E-state index contributed by atoms with van der Waals surface area (Å²) in [7, 11) is 1.73. The summed E-state index contributed by atoms with van der Waals surface area (Å²) < 4.78 is 5.43. The van der Waals surface area contributed by atoms with Gasteiger partial charge in [-0.25, -0.2) is 4.98 Å². The first-order valence-electron chi connectivity index (χ1n) is 9.10. The zero-order chi connectivity index (χ0) is 18.4. The molecule has 156 valence electrons. The van der Waals surface area contributed by atoms with Gasteiger partial charge in [-0.15, -0.1) is 36.2 Å². The second kappa shape index (κ2) is 11.7. The third-order valence-corrected chi connectivity index (χ3v) is 6.14. The maximum Gasteiger partial charge on any atom is 0.263 e. The van der Waals surface area contributed by atoms with Crippen molar-refractivity contribution in [3.8, 4) is 0 Å². The predicted octanol–water partition coefficient (Wildman–Crippen LogP) is 3.63. The predicted molar refractivity (Wildman–Crippen MR) is 119 cm³/mol. The van der Waals surface area contributed by atoms with E-state index < -0.39 is 0 Å². The fraction of sp³-hybridized carbons (Fsp3) is 0.500. The van der Waals surface area contributed by atoms with Crippen LogP contribution in [-0.4, -0.2) is 44.2 Å². The average molecular weight is 446 g/mol. The Morgan fingerprint density at radius 1 is 1.25 bits per heavy atom. The molecular formula is C20H29Cl2N3O2S. The van der Waals surface area contributed by atoms with Gasteiger partial charge < -0.3 is 15.4 Å². The zero-order valence-corrected chi connectivity index (χ0v) is 18.8. The first kappa shape index (κ1) is 24.9. The van der Waals surface area contributed by atoms with Crippen molar-refractivity contribution in [2.24, 2.45) is 5.41 Å². The van der Waals surface area contributed by atoms with Gasteiger partial charge >= 0.3 is 0 Å². The van der Waals surface area contributed by atoms with Crippen molar-refractivity contribution in [1.82, 2.24) is 15.6 Å². The number of hydrogen-bond donors (Lipinski definition) is 2. The maximum atomic E-state index is 12.7. The number of rotatable bonds is 7. The van der Waals surface area contributed by atoms with E-state index in [9.17, 15) is 4.79 Å². The SMILES string of the molecule is COCC1(CNC(=O)c2sc(Cc3ccccc3)nc2C)CCNCC1.Cl.Cl. The molecule has 1 amide bonds. The molecule has 2 aromatic rings. The number of carbonyl (C=O) groups is 1. The summed E-state index contributed by atoms with van der Waals surface area (Å²) in [6.45, 7) is 5.18. The number of halogens is 2. The number of piperidine rings is 1. The van der Waals surface area contributed by atoms with Crippen molar-refractivity contribution in [2.45, 2.75) is 26.2 Å². The molecule has 5 nitrogen and oxygen atoms in total. The number of carbonyl (C=O) groups excluding carboxylic acids is 1. The molecule has 1 saturated heterocycles. The maximum absolute atomic E-state index is 12.7. The van der Waals surface area contributed by atoms with Crippen molar-refractivity contribution in [1.29, 1.82) is 0 Å². The van der Waals surface area contributed by atoms with Gasteiger partial charge in [0.25, 0.3) is 5.91 Å². The number of amides is 1. The molecule has 0 saturated carbocycles. The summed E-state index contributed by atoms with van der Waals surface area (Å²) >= 11 is 1.49. The van der Waals surface area contributed by atoms with E-state index in [1.165, 1.54) is 16.9 Å². The Morgan fingerprint density at radius 2 is 1.93 bits per heavy atom. The van der Waals surface area contributed by atoms with E-state index in [1.807, 2.05) is 25.1 Å². The van der Waals surface area contributed by atoms with Gasteiger partial charge in [-0.1, -0.05) is 30.3 Å². The normalized spacial score (nSPS) is 15.2. The van der Waals surface area contributed by atoms with Crippen molar-refractivity contribution in [3.05, 3.63) is 51.5 Å². The Hall–Kier alpha value is -1.18. The van der Waals surface area contributed by atoms with E-state index in [2.05, 4.69) is 27.8 Å². The highest BCUT2D eigenvalue weighted by molar-refractivity contribution is 7.13. The van der Waals surface area contributed by atoms with Crippen molar-refractivity contribution in [3.63, 3.8) is 0 Å². The molecule has 0 aliphatic carbocycles. The number of thiazole rings is 1. The minimum absolute atomic E-state index is 0. The van der Waals surface area contributed by atoms with E-state index >= 15 is 0 Å². The summed E-state index contributed by atoms with van der Waals surface area (Å²) in [5, 5.41) is 7.49. The van der Waals surface area contributed by atoms with E-state index in [0.29, 0.717) is 13.2 Å². The van der Waals surface area contributed by atoms with E-state index in [4.69, 9.17) is 4.74 Å². The summed E-state index contributed by atoms with van der Waals surface area (Å²) in [6, 6.07) is 10.2. The first-order valence-corrected chi connectivity index (χ1v) is 9.92. The summed E-state index contributed by atoms with van der Waals surface area (Å²) in [5.41, 5.74) is 2.05. The van der Waals surface area contributed by atoms with Crippen LogP contribution in [0.25, 0.3) is 0 Å². The van der Waals surface area contributed by atoms with Gasteiger partial charge in [0.1, 0.15) is 4.88 Å². The number of nitrogens with one attached hydrogen (secondary N) is 2. The van der Waals surface area contributed by atoms with Crippen LogP contribution >= 0.6 is 36.2 Å². The van der Waals surface area contributed by atoms with Crippen molar-refractivity contribution >= 4 is 42.1 Å². The van der Waals surface area contributed by atoms with Gasteiger partial charge in [0.2, 0.25) is 0 Å². The standard InChI is InChI=1S/C20H27N3O2S.2ClH/c1-15-18(26-17(23-15)12-16-6-4-3-5-7-16)19(24)22-13-20(14-25-2)8-10-21-11-9-20;;/h3-7,21H,8-14H2,1-2H3,(H,22,24);2*1H. The highest BCUT2D eigenvalue weighted by atomic mass is 35.5. The van der Waals surface area contributed by atoms with E-state index in [0.717, 1.165) is 47.9 Å². The lowest BCUT2D eigenvalue weighted by Gasteiger charge is -2.37. The van der Waals surface area contributed by atoms with Gasteiger partial charge in [-0.2, -0.15) is 0 Å². The monoisotopic (exact) mass is 445 g/mol. The summed E-state index contributed by atoms with van der Waals surface area (Å²) in [6.07, 6.45) is 2.79. The lowest BCUT2D eigenvalue weighted by atomic mass is 9.79. The van der Waals surface area contributed by atoms with E-state index in [1.54, 1.807) is 7.11 Å². The Labute approximate surface area is 183 Å². The molecule has 0 unspecified atom stereocenters. The molecule has 8 heteroatoms. The second-order valence-electron chi connectivity index (χ2n) is 7.05. The number of methoxy groups -OCH3 is 1. The van der Waals surface area contributed by atoms with Gasteiger partial charge in [0.15, 0.2) is 0 Å². The molecule has 2 N–H and O–H groups in total. The summed E-state index contributed by atoms with van der Waals surface area (Å²) in [5.74, 6) is -0.0201. The van der Waals surface area contributed by atoms with Gasteiger partial charge in [-0.05, 0) is 38.4 Å². The molecule has 1 fully saturated rings. The Bertz CT molecular complexity index is 729. The topological polar surface area (TPSA) is 63.2 Å². The van der Waals surface area contributed by atoms with Gasteiger partial charge in [0, 0.05) is 25.5 Å². The largest absolute Gasteiger partial charge is 0.384 e. The molecule has 0 atom stereocenters. The van der Waals surface area contributed by atoms with Gasteiger partial charge in [0.05, 0.1) is 17.3 Å². The van der Waals surface area contributed by atoms with E-state index in [-0.39, 0.29) is 36.1 Å². The Kier molecular flexibility index (Phi) is 10.4. The number of nitrogens with zero attached hydrogens (tertiary/aromatic N) is 1. The third-order valence-electron chi connectivity index (χ3n) is 4.98. The van der Waals surface area contributed by atoms with Crippen molar-refractivity contribution in [2.75, 3.05) is 33.4 Å². The lowest BCUT2D eigenvalue weighted by Crippen LogP contribution is -2.47. The molecular weight excluding hydrogens is 417 g/mol. The zero-order valence-electron chi connectivity index (χ0n) is 16.3.